The summed E-state index contributed by atoms with van der Waals surface area (Å²) in [6.07, 6.45) is 6.86. The van der Waals surface area contributed by atoms with E-state index in [9.17, 15) is 0 Å². The summed E-state index contributed by atoms with van der Waals surface area (Å²) >= 11 is 0. The minimum Gasteiger partial charge on any atom is -0.358 e. The van der Waals surface area contributed by atoms with Gasteiger partial charge in [0.1, 0.15) is 0 Å². The summed E-state index contributed by atoms with van der Waals surface area (Å²) < 4.78 is 0. The van der Waals surface area contributed by atoms with E-state index in [1.807, 2.05) is 0 Å². The van der Waals surface area contributed by atoms with Gasteiger partial charge in [-0.1, -0.05) is 50.3 Å². The lowest BCUT2D eigenvalue weighted by atomic mass is 9.82. The maximum absolute atomic E-state index is 3.66. The summed E-state index contributed by atoms with van der Waals surface area (Å²) in [5, 5.41) is 1.37. The number of allylic oxidation sites excluding steroid dienone is 1. The number of nitrogens with one attached hydrogen (secondary N) is 1. The van der Waals surface area contributed by atoms with Crippen LogP contribution in [0.5, 0.6) is 0 Å². The van der Waals surface area contributed by atoms with Gasteiger partial charge in [0.25, 0.3) is 0 Å². The van der Waals surface area contributed by atoms with Crippen LogP contribution in [0, 0.1) is 0 Å². The third-order valence-corrected chi connectivity index (χ3v) is 5.47. The van der Waals surface area contributed by atoms with E-state index in [1.54, 1.807) is 0 Å². The summed E-state index contributed by atoms with van der Waals surface area (Å²) in [6.45, 7) is 4.68. The molecular formula is C21H19N. The summed E-state index contributed by atoms with van der Waals surface area (Å²) in [7, 11) is 0. The predicted octanol–water partition coefficient (Wildman–Crippen LogP) is 5.43. The van der Waals surface area contributed by atoms with Crippen LogP contribution in [-0.4, -0.2) is 4.98 Å². The van der Waals surface area contributed by atoms with E-state index < -0.39 is 0 Å². The maximum Gasteiger partial charge on any atom is 0.0465 e. The number of benzene rings is 2. The normalized spacial score (nSPS) is 17.4. The first kappa shape index (κ1) is 12.3. The van der Waals surface area contributed by atoms with Crippen molar-refractivity contribution < 1.29 is 0 Å². The van der Waals surface area contributed by atoms with Gasteiger partial charge in [-0.15, -0.1) is 0 Å². The molecule has 5 rings (SSSR count). The Morgan fingerprint density at radius 2 is 1.86 bits per heavy atom. The Hall–Kier alpha value is -2.28. The summed E-state index contributed by atoms with van der Waals surface area (Å²) in [5.74, 6) is 0. The molecule has 1 N–H and O–H groups in total. The highest BCUT2D eigenvalue weighted by molar-refractivity contribution is 5.97. The van der Waals surface area contributed by atoms with Crippen molar-refractivity contribution in [1.82, 2.24) is 4.98 Å². The van der Waals surface area contributed by atoms with Crippen molar-refractivity contribution in [1.29, 1.82) is 0 Å². The van der Waals surface area contributed by atoms with Crippen LogP contribution in [0.15, 0.2) is 42.5 Å². The van der Waals surface area contributed by atoms with Crippen LogP contribution in [0.4, 0.5) is 0 Å². The van der Waals surface area contributed by atoms with Crippen molar-refractivity contribution >= 4 is 17.0 Å². The van der Waals surface area contributed by atoms with E-state index in [0.717, 1.165) is 12.8 Å². The van der Waals surface area contributed by atoms with E-state index in [2.05, 4.69) is 67.4 Å². The average Bonchev–Trinajstić information content (AvgIpc) is 3.00. The van der Waals surface area contributed by atoms with Crippen molar-refractivity contribution in [2.45, 2.75) is 32.1 Å². The molecule has 0 spiro atoms. The summed E-state index contributed by atoms with van der Waals surface area (Å²) in [4.78, 5) is 3.66. The first-order valence-electron chi connectivity index (χ1n) is 8.12. The molecule has 0 radical (unpaired) electrons. The quantitative estimate of drug-likeness (QED) is 0.566. The lowest BCUT2D eigenvalue weighted by Gasteiger charge is -2.21. The van der Waals surface area contributed by atoms with Gasteiger partial charge in [-0.3, -0.25) is 0 Å². The second kappa shape index (κ2) is 3.92. The Labute approximate surface area is 130 Å². The molecule has 0 fully saturated rings. The molecule has 0 atom stereocenters. The van der Waals surface area contributed by atoms with Crippen LogP contribution < -0.4 is 0 Å². The fourth-order valence-corrected chi connectivity index (χ4v) is 4.28. The number of aromatic nitrogens is 1. The van der Waals surface area contributed by atoms with Gasteiger partial charge in [-0.05, 0) is 47.2 Å². The van der Waals surface area contributed by atoms with Crippen LogP contribution in [0.2, 0.25) is 0 Å². The van der Waals surface area contributed by atoms with Gasteiger partial charge in [0.2, 0.25) is 0 Å². The Morgan fingerprint density at radius 3 is 2.77 bits per heavy atom. The number of H-pyrrole nitrogens is 1. The molecule has 1 nitrogen and oxygen atoms in total. The summed E-state index contributed by atoms with van der Waals surface area (Å²) in [6, 6.07) is 13.6. The van der Waals surface area contributed by atoms with E-state index in [-0.39, 0.29) is 5.41 Å². The first-order valence-corrected chi connectivity index (χ1v) is 8.12. The Morgan fingerprint density at radius 1 is 1.00 bits per heavy atom. The van der Waals surface area contributed by atoms with Crippen LogP contribution >= 0.6 is 0 Å². The van der Waals surface area contributed by atoms with Crippen molar-refractivity contribution in [3.63, 3.8) is 0 Å². The lowest BCUT2D eigenvalue weighted by Crippen LogP contribution is -2.14. The fourth-order valence-electron chi connectivity index (χ4n) is 4.28. The Balaban J connectivity index is 1.89. The first-order chi connectivity index (χ1) is 10.7. The Kier molecular flexibility index (Phi) is 2.19. The SMILES string of the molecule is CC1(C)c2ccccc2-c2cc3c4c([nH]c3cc21)CCC=C4. The number of rotatable bonds is 0. The van der Waals surface area contributed by atoms with Crippen molar-refractivity contribution in [3.05, 3.63) is 64.9 Å². The molecule has 108 valence electrons. The second-order valence-electron chi connectivity index (χ2n) is 7.07. The molecule has 22 heavy (non-hydrogen) atoms. The van der Waals surface area contributed by atoms with Gasteiger partial charge in [0.05, 0.1) is 0 Å². The molecule has 3 aromatic rings. The molecule has 2 aromatic carbocycles. The van der Waals surface area contributed by atoms with Gasteiger partial charge in [-0.2, -0.15) is 0 Å². The zero-order valence-electron chi connectivity index (χ0n) is 13.0. The van der Waals surface area contributed by atoms with Gasteiger partial charge in [0.15, 0.2) is 0 Å². The molecule has 2 aliphatic carbocycles. The molecule has 0 bridgehead atoms. The molecule has 1 heterocycles. The van der Waals surface area contributed by atoms with Crippen molar-refractivity contribution in [3.8, 4) is 11.1 Å². The third kappa shape index (κ3) is 1.39. The highest BCUT2D eigenvalue weighted by Crippen LogP contribution is 2.50. The van der Waals surface area contributed by atoms with Crippen molar-refractivity contribution in [2.24, 2.45) is 0 Å². The predicted molar refractivity (Wildman–Crippen MR) is 93.2 cm³/mol. The van der Waals surface area contributed by atoms with E-state index in [4.69, 9.17) is 0 Å². The van der Waals surface area contributed by atoms with E-state index in [0.29, 0.717) is 0 Å². The molecule has 0 unspecified atom stereocenters. The van der Waals surface area contributed by atoms with Crippen LogP contribution in [0.25, 0.3) is 28.1 Å². The maximum atomic E-state index is 3.66. The van der Waals surface area contributed by atoms with Crippen LogP contribution in [-0.2, 0) is 11.8 Å². The number of aromatic amines is 1. The number of hydrogen-bond donors (Lipinski definition) is 1. The van der Waals surface area contributed by atoms with Crippen LogP contribution in [0.3, 0.4) is 0 Å². The molecule has 1 heteroatoms. The molecule has 0 aliphatic heterocycles. The lowest BCUT2D eigenvalue weighted by molar-refractivity contribution is 0.661. The van der Waals surface area contributed by atoms with Gasteiger partial charge in [-0.25, -0.2) is 0 Å². The Bertz CT molecular complexity index is 953. The zero-order valence-corrected chi connectivity index (χ0v) is 13.0. The van der Waals surface area contributed by atoms with E-state index in [1.165, 1.54) is 44.4 Å². The van der Waals surface area contributed by atoms with Crippen LogP contribution in [0.1, 0.15) is 42.7 Å². The minimum atomic E-state index is 0.0849. The third-order valence-electron chi connectivity index (χ3n) is 5.47. The van der Waals surface area contributed by atoms with Gasteiger partial charge in [0, 0.05) is 27.6 Å². The smallest absolute Gasteiger partial charge is 0.0465 e. The highest BCUT2D eigenvalue weighted by atomic mass is 14.7. The second-order valence-corrected chi connectivity index (χ2v) is 7.07. The molecule has 0 saturated heterocycles. The van der Waals surface area contributed by atoms with Crippen molar-refractivity contribution in [2.75, 3.05) is 0 Å². The molecular weight excluding hydrogens is 266 g/mol. The molecule has 2 aliphatic rings. The monoisotopic (exact) mass is 285 g/mol. The average molecular weight is 285 g/mol. The number of aryl methyl sites for hydroxylation is 1. The highest BCUT2D eigenvalue weighted by Gasteiger charge is 2.35. The zero-order chi connectivity index (χ0) is 14.9. The number of hydrogen-bond acceptors (Lipinski definition) is 0. The molecule has 0 amide bonds. The molecule has 0 saturated carbocycles. The minimum absolute atomic E-state index is 0.0849. The van der Waals surface area contributed by atoms with Gasteiger partial charge < -0.3 is 4.98 Å². The topological polar surface area (TPSA) is 15.8 Å². The summed E-state index contributed by atoms with van der Waals surface area (Å²) in [5.41, 5.74) is 9.87. The van der Waals surface area contributed by atoms with E-state index >= 15 is 0 Å². The largest absolute Gasteiger partial charge is 0.358 e. The molecule has 1 aromatic heterocycles. The fraction of sp³-hybridized carbons (Fsp3) is 0.238. The number of fused-ring (bicyclic) bond motifs is 6. The van der Waals surface area contributed by atoms with Gasteiger partial charge >= 0.3 is 0 Å². The standard InChI is InChI=1S/C21H19N/c1-21(2)17-9-5-3-7-13(17)15-11-16-14-8-4-6-10-19(14)22-20(16)12-18(15)21/h3-5,7-9,11-12,22H,6,10H2,1-2H3.